The minimum atomic E-state index is -0.0219. The average molecular weight is 321 g/mol. The van der Waals surface area contributed by atoms with Crippen molar-refractivity contribution in [2.75, 3.05) is 25.6 Å². The highest BCUT2D eigenvalue weighted by Gasteiger charge is 2.13. The van der Waals surface area contributed by atoms with Crippen LogP contribution in [-0.4, -0.2) is 29.8 Å². The Bertz CT molecular complexity index is 806. The number of methoxy groups -OCH3 is 1. The molecule has 0 aromatic carbocycles. The molecule has 0 fully saturated rings. The van der Waals surface area contributed by atoms with Gasteiger partial charge in [0.2, 0.25) is 5.95 Å². The summed E-state index contributed by atoms with van der Waals surface area (Å²) in [6, 6.07) is 4.03. The third-order valence-corrected chi connectivity index (χ3v) is 4.99. The summed E-state index contributed by atoms with van der Waals surface area (Å²) in [6.07, 6.45) is 0. The fourth-order valence-corrected chi connectivity index (χ4v) is 3.82. The zero-order valence-corrected chi connectivity index (χ0v) is 13.4. The van der Waals surface area contributed by atoms with E-state index >= 15 is 0 Å². The van der Waals surface area contributed by atoms with Crippen molar-refractivity contribution in [3.05, 3.63) is 33.2 Å². The lowest BCUT2D eigenvalue weighted by molar-refractivity contribution is 0.210. The summed E-state index contributed by atoms with van der Waals surface area (Å²) in [5, 5.41) is 7.23. The third-order valence-electron chi connectivity index (χ3n) is 3.15. The molecule has 0 aliphatic rings. The van der Waals surface area contributed by atoms with Crippen LogP contribution in [0.25, 0.3) is 20.7 Å². The number of rotatable bonds is 5. The van der Waals surface area contributed by atoms with E-state index in [4.69, 9.17) is 4.74 Å². The molecular formula is C14H15N3O2S2. The van der Waals surface area contributed by atoms with Crippen molar-refractivity contribution < 1.29 is 4.74 Å². The maximum atomic E-state index is 12.4. The molecule has 0 bridgehead atoms. The number of nitrogens with zero attached hydrogens (tertiary/aromatic N) is 2. The first kappa shape index (κ1) is 14.2. The van der Waals surface area contributed by atoms with Gasteiger partial charge in [-0.05, 0) is 22.9 Å². The van der Waals surface area contributed by atoms with Crippen LogP contribution in [0.4, 0.5) is 5.95 Å². The number of hydrogen-bond donors (Lipinski definition) is 1. The molecule has 1 N–H and O–H groups in total. The predicted molar refractivity (Wildman–Crippen MR) is 88.5 cm³/mol. The smallest absolute Gasteiger partial charge is 0.272 e. The lowest BCUT2D eigenvalue weighted by Gasteiger charge is -2.09. The van der Waals surface area contributed by atoms with Crippen LogP contribution in [0.2, 0.25) is 0 Å². The van der Waals surface area contributed by atoms with Gasteiger partial charge in [0.15, 0.2) is 0 Å². The predicted octanol–water partition coefficient (Wildman–Crippen LogP) is 2.78. The number of anilines is 1. The van der Waals surface area contributed by atoms with E-state index in [0.717, 1.165) is 16.0 Å². The van der Waals surface area contributed by atoms with Gasteiger partial charge in [0, 0.05) is 31.1 Å². The molecule has 0 saturated carbocycles. The maximum absolute atomic E-state index is 12.4. The minimum absolute atomic E-state index is 0.0219. The van der Waals surface area contributed by atoms with Crippen LogP contribution in [0.1, 0.15) is 0 Å². The van der Waals surface area contributed by atoms with E-state index in [-0.39, 0.29) is 5.56 Å². The van der Waals surface area contributed by atoms with Gasteiger partial charge in [-0.1, -0.05) is 0 Å². The van der Waals surface area contributed by atoms with Gasteiger partial charge in [0.1, 0.15) is 4.70 Å². The van der Waals surface area contributed by atoms with Crippen molar-refractivity contribution in [2.45, 2.75) is 0 Å². The largest absolute Gasteiger partial charge is 0.383 e. The van der Waals surface area contributed by atoms with Gasteiger partial charge < -0.3 is 10.1 Å². The first-order valence-corrected chi connectivity index (χ1v) is 8.22. The second kappa shape index (κ2) is 5.97. The standard InChI is InChI=1S/C14H15N3O2S2/c1-17-13(18)12-10(16-14(17)15-4-5-19-2)7-11(21-12)9-3-6-20-8-9/h3,6-8H,4-5H2,1-2H3,(H,15,16). The zero-order chi connectivity index (χ0) is 14.8. The molecule has 0 radical (unpaired) electrons. The van der Waals surface area contributed by atoms with Gasteiger partial charge in [-0.15, -0.1) is 11.3 Å². The second-order valence-corrected chi connectivity index (χ2v) is 6.39. The third kappa shape index (κ3) is 2.72. The van der Waals surface area contributed by atoms with E-state index in [2.05, 4.69) is 21.7 Å². The molecule has 3 rings (SSSR count). The van der Waals surface area contributed by atoms with Crippen molar-refractivity contribution in [1.82, 2.24) is 9.55 Å². The molecule has 3 heterocycles. The van der Waals surface area contributed by atoms with Gasteiger partial charge in [-0.2, -0.15) is 11.3 Å². The fourth-order valence-electron chi connectivity index (χ4n) is 2.03. The van der Waals surface area contributed by atoms with Gasteiger partial charge in [-0.25, -0.2) is 4.98 Å². The van der Waals surface area contributed by atoms with Crippen molar-refractivity contribution >= 4 is 38.8 Å². The maximum Gasteiger partial charge on any atom is 0.272 e. The summed E-state index contributed by atoms with van der Waals surface area (Å²) in [5.74, 6) is 0.569. The molecule has 3 aromatic heterocycles. The Kier molecular flexibility index (Phi) is 4.05. The first-order chi connectivity index (χ1) is 10.2. The Morgan fingerprint density at radius 3 is 3.05 bits per heavy atom. The normalized spacial score (nSPS) is 11.1. The molecule has 7 heteroatoms. The van der Waals surface area contributed by atoms with E-state index in [1.807, 2.05) is 11.4 Å². The summed E-state index contributed by atoms with van der Waals surface area (Å²) in [7, 11) is 3.37. The van der Waals surface area contributed by atoms with Gasteiger partial charge in [0.25, 0.3) is 5.56 Å². The number of aromatic nitrogens is 2. The SMILES string of the molecule is COCCNc1nc2cc(-c3ccsc3)sc2c(=O)n1C. The highest BCUT2D eigenvalue weighted by Crippen LogP contribution is 2.32. The summed E-state index contributed by atoms with van der Waals surface area (Å²) in [5.41, 5.74) is 1.86. The number of hydrogen-bond acceptors (Lipinski definition) is 6. The Balaban J connectivity index is 2.04. The van der Waals surface area contributed by atoms with Crippen molar-refractivity contribution in [2.24, 2.45) is 7.05 Å². The van der Waals surface area contributed by atoms with E-state index in [1.54, 1.807) is 30.1 Å². The Labute approximate surface area is 129 Å². The second-order valence-electron chi connectivity index (χ2n) is 4.56. The molecule has 3 aromatic rings. The Morgan fingerprint density at radius 1 is 1.48 bits per heavy atom. The van der Waals surface area contributed by atoms with Crippen LogP contribution in [0.15, 0.2) is 27.7 Å². The van der Waals surface area contributed by atoms with Gasteiger partial charge in [0.05, 0.1) is 12.1 Å². The topological polar surface area (TPSA) is 56.1 Å². The van der Waals surface area contributed by atoms with Crippen molar-refractivity contribution in [1.29, 1.82) is 0 Å². The number of fused-ring (bicyclic) bond motifs is 1. The molecule has 110 valence electrons. The highest BCUT2D eigenvalue weighted by atomic mass is 32.1. The van der Waals surface area contributed by atoms with Crippen molar-refractivity contribution in [3.8, 4) is 10.4 Å². The van der Waals surface area contributed by atoms with Crippen LogP contribution in [-0.2, 0) is 11.8 Å². The lowest BCUT2D eigenvalue weighted by Crippen LogP contribution is -2.22. The Morgan fingerprint density at radius 2 is 2.33 bits per heavy atom. The monoisotopic (exact) mass is 321 g/mol. The van der Waals surface area contributed by atoms with Crippen LogP contribution in [0.3, 0.4) is 0 Å². The quantitative estimate of drug-likeness (QED) is 0.734. The molecule has 0 amide bonds. The summed E-state index contributed by atoms with van der Waals surface area (Å²) in [6.45, 7) is 1.18. The summed E-state index contributed by atoms with van der Waals surface area (Å²) in [4.78, 5) is 18.1. The molecule has 5 nitrogen and oxygen atoms in total. The summed E-state index contributed by atoms with van der Waals surface area (Å²) >= 11 is 3.14. The highest BCUT2D eigenvalue weighted by molar-refractivity contribution is 7.22. The van der Waals surface area contributed by atoms with E-state index in [9.17, 15) is 4.79 Å². The fraction of sp³-hybridized carbons (Fsp3) is 0.286. The summed E-state index contributed by atoms with van der Waals surface area (Å²) < 4.78 is 7.24. The van der Waals surface area contributed by atoms with Crippen LogP contribution in [0.5, 0.6) is 0 Å². The average Bonchev–Trinajstić information content (AvgIpc) is 3.13. The van der Waals surface area contributed by atoms with Crippen LogP contribution in [0, 0.1) is 0 Å². The molecule has 0 saturated heterocycles. The molecule has 0 atom stereocenters. The van der Waals surface area contributed by atoms with Gasteiger partial charge in [-0.3, -0.25) is 9.36 Å². The molecule has 0 spiro atoms. The Hall–Kier alpha value is -1.70. The minimum Gasteiger partial charge on any atom is -0.383 e. The number of nitrogens with one attached hydrogen (secondary N) is 1. The van der Waals surface area contributed by atoms with Crippen LogP contribution >= 0.6 is 22.7 Å². The molecular weight excluding hydrogens is 306 g/mol. The molecule has 0 unspecified atom stereocenters. The van der Waals surface area contributed by atoms with Gasteiger partial charge >= 0.3 is 0 Å². The van der Waals surface area contributed by atoms with E-state index < -0.39 is 0 Å². The van der Waals surface area contributed by atoms with Crippen molar-refractivity contribution in [3.63, 3.8) is 0 Å². The van der Waals surface area contributed by atoms with E-state index in [1.165, 1.54) is 11.3 Å². The van der Waals surface area contributed by atoms with E-state index in [0.29, 0.717) is 23.8 Å². The first-order valence-electron chi connectivity index (χ1n) is 6.46. The lowest BCUT2D eigenvalue weighted by atomic mass is 10.3. The molecule has 21 heavy (non-hydrogen) atoms. The molecule has 0 aliphatic carbocycles. The number of thiophene rings is 2. The zero-order valence-electron chi connectivity index (χ0n) is 11.8. The van der Waals surface area contributed by atoms with Crippen LogP contribution < -0.4 is 10.9 Å². The molecule has 0 aliphatic heterocycles. The number of ether oxygens (including phenoxy) is 1.